The number of methoxy groups -OCH3 is 2. The summed E-state index contributed by atoms with van der Waals surface area (Å²) in [5.41, 5.74) is 6.49. The lowest BCUT2D eigenvalue weighted by molar-refractivity contribution is 0.207. The molecule has 0 unspecified atom stereocenters. The molecule has 0 radical (unpaired) electrons. The van der Waals surface area contributed by atoms with Gasteiger partial charge in [0.2, 0.25) is 0 Å². The first-order valence-electron chi connectivity index (χ1n) is 10.4. The third kappa shape index (κ3) is 5.76. The molecule has 2 rings (SSSR count). The molecule has 162 valence electrons. The predicted octanol–water partition coefficient (Wildman–Crippen LogP) is 7.18. The number of nitrogens with one attached hydrogen (secondary N) is 1. The number of allylic oxidation sites excluding steroid dienone is 4. The van der Waals surface area contributed by atoms with Gasteiger partial charge in [-0.15, -0.1) is 0 Å². The molecule has 0 aliphatic heterocycles. The van der Waals surface area contributed by atoms with Gasteiger partial charge in [-0.1, -0.05) is 78.5 Å². The molecule has 0 saturated heterocycles. The van der Waals surface area contributed by atoms with Gasteiger partial charge in [-0.25, -0.2) is 0 Å². The number of aromatic amines is 1. The van der Waals surface area contributed by atoms with E-state index in [-0.39, 0.29) is 10.8 Å². The maximum Gasteiger partial charge on any atom is 0.131 e. The molecule has 1 heterocycles. The first-order chi connectivity index (χ1) is 14.0. The topological polar surface area (TPSA) is 34.2 Å². The highest BCUT2D eigenvalue weighted by Crippen LogP contribution is 2.39. The molecule has 1 aromatic heterocycles. The van der Waals surface area contributed by atoms with Crippen LogP contribution in [0.2, 0.25) is 0 Å². The van der Waals surface area contributed by atoms with Crippen LogP contribution in [-0.2, 0) is 10.2 Å². The maximum absolute atomic E-state index is 5.80. The molecule has 0 bridgehead atoms. The molecule has 2 aromatic rings. The molecule has 0 spiro atoms. The fourth-order valence-corrected chi connectivity index (χ4v) is 3.34. The van der Waals surface area contributed by atoms with Gasteiger partial charge in [0.1, 0.15) is 5.75 Å². The van der Waals surface area contributed by atoms with Crippen LogP contribution in [0.15, 0.2) is 60.7 Å². The van der Waals surface area contributed by atoms with Crippen LogP contribution in [0, 0.1) is 5.41 Å². The zero-order valence-corrected chi connectivity index (χ0v) is 19.8. The monoisotopic (exact) mass is 407 g/mol. The van der Waals surface area contributed by atoms with Crippen LogP contribution in [0.5, 0.6) is 5.75 Å². The summed E-state index contributed by atoms with van der Waals surface area (Å²) in [5, 5.41) is 0. The second-order valence-electron chi connectivity index (χ2n) is 9.68. The number of para-hydroxylation sites is 1. The second kappa shape index (κ2) is 9.53. The largest absolute Gasteiger partial charge is 0.496 e. The van der Waals surface area contributed by atoms with E-state index in [2.05, 4.69) is 89.5 Å². The number of aromatic nitrogens is 1. The highest BCUT2D eigenvalue weighted by Gasteiger charge is 2.22. The van der Waals surface area contributed by atoms with Crippen molar-refractivity contribution in [3.05, 3.63) is 72.0 Å². The Morgan fingerprint density at radius 2 is 1.73 bits per heavy atom. The van der Waals surface area contributed by atoms with Gasteiger partial charge in [0.25, 0.3) is 0 Å². The molecule has 3 nitrogen and oxygen atoms in total. The smallest absolute Gasteiger partial charge is 0.131 e. The minimum absolute atomic E-state index is 0.00239. The molecule has 0 amide bonds. The average molecular weight is 408 g/mol. The van der Waals surface area contributed by atoms with Gasteiger partial charge < -0.3 is 14.5 Å². The van der Waals surface area contributed by atoms with Gasteiger partial charge in [-0.05, 0) is 40.2 Å². The van der Waals surface area contributed by atoms with E-state index in [1.165, 1.54) is 11.1 Å². The first-order valence-corrected chi connectivity index (χ1v) is 10.4. The van der Waals surface area contributed by atoms with Crippen molar-refractivity contribution in [2.75, 3.05) is 20.8 Å². The van der Waals surface area contributed by atoms with Gasteiger partial charge in [0, 0.05) is 29.6 Å². The van der Waals surface area contributed by atoms with E-state index in [0.717, 1.165) is 28.3 Å². The summed E-state index contributed by atoms with van der Waals surface area (Å²) in [4.78, 5) is 3.50. The number of rotatable bonds is 7. The molecular formula is C27H37NO2. The number of hydrogen-bond acceptors (Lipinski definition) is 2. The summed E-state index contributed by atoms with van der Waals surface area (Å²) in [6.45, 7) is 18.0. The first kappa shape index (κ1) is 23.8. The fourth-order valence-electron chi connectivity index (χ4n) is 3.34. The van der Waals surface area contributed by atoms with Crippen molar-refractivity contribution in [1.29, 1.82) is 0 Å². The number of ether oxygens (including phenoxy) is 2. The molecule has 1 N–H and O–H groups in total. The molecular weight excluding hydrogens is 370 g/mol. The summed E-state index contributed by atoms with van der Waals surface area (Å²) in [6, 6.07) is 10.5. The Bertz CT molecular complexity index is 931. The quantitative estimate of drug-likeness (QED) is 0.493. The van der Waals surface area contributed by atoms with Gasteiger partial charge in [0.05, 0.1) is 13.7 Å². The summed E-state index contributed by atoms with van der Waals surface area (Å²) >= 11 is 0. The van der Waals surface area contributed by atoms with Crippen LogP contribution >= 0.6 is 0 Å². The van der Waals surface area contributed by atoms with Crippen molar-refractivity contribution in [2.45, 2.75) is 47.0 Å². The van der Waals surface area contributed by atoms with Crippen LogP contribution in [0.3, 0.4) is 0 Å². The maximum atomic E-state index is 5.80. The number of benzene rings is 1. The minimum Gasteiger partial charge on any atom is -0.496 e. The van der Waals surface area contributed by atoms with Gasteiger partial charge in [-0.2, -0.15) is 0 Å². The molecule has 0 aliphatic rings. The van der Waals surface area contributed by atoms with Crippen LogP contribution in [-0.4, -0.2) is 25.8 Å². The highest BCUT2D eigenvalue weighted by molar-refractivity contribution is 5.76. The van der Waals surface area contributed by atoms with E-state index in [9.17, 15) is 0 Å². The van der Waals surface area contributed by atoms with Crippen LogP contribution in [0.4, 0.5) is 0 Å². The Balaban J connectivity index is 2.30. The Hall–Kier alpha value is -2.52. The van der Waals surface area contributed by atoms with Crippen molar-refractivity contribution in [2.24, 2.45) is 5.41 Å². The zero-order chi connectivity index (χ0) is 22.5. The summed E-state index contributed by atoms with van der Waals surface area (Å²) in [7, 11) is 3.46. The van der Waals surface area contributed by atoms with E-state index in [1.807, 2.05) is 12.2 Å². The molecule has 0 saturated carbocycles. The third-order valence-corrected chi connectivity index (χ3v) is 5.21. The van der Waals surface area contributed by atoms with Crippen molar-refractivity contribution in [3.63, 3.8) is 0 Å². The Labute approximate surface area is 182 Å². The van der Waals surface area contributed by atoms with E-state index >= 15 is 0 Å². The Morgan fingerprint density at radius 3 is 2.30 bits per heavy atom. The van der Waals surface area contributed by atoms with Crippen molar-refractivity contribution >= 4 is 5.57 Å². The van der Waals surface area contributed by atoms with E-state index in [1.54, 1.807) is 14.2 Å². The normalized spacial score (nSPS) is 13.1. The summed E-state index contributed by atoms with van der Waals surface area (Å²) in [6.07, 6.45) is 6.19. The molecule has 0 atom stereocenters. The van der Waals surface area contributed by atoms with Crippen LogP contribution < -0.4 is 4.74 Å². The van der Waals surface area contributed by atoms with Gasteiger partial charge >= 0.3 is 0 Å². The fraction of sp³-hybridized carbons (Fsp3) is 0.407. The van der Waals surface area contributed by atoms with Crippen molar-refractivity contribution in [3.8, 4) is 17.0 Å². The number of H-pyrrole nitrogens is 1. The van der Waals surface area contributed by atoms with Gasteiger partial charge in [0.15, 0.2) is 0 Å². The Morgan fingerprint density at radius 1 is 1.03 bits per heavy atom. The third-order valence-electron chi connectivity index (χ3n) is 5.21. The molecule has 3 heteroatoms. The Kier molecular flexibility index (Phi) is 7.54. The minimum atomic E-state index is 0.00239. The van der Waals surface area contributed by atoms with E-state index < -0.39 is 0 Å². The lowest BCUT2D eigenvalue weighted by atomic mass is 9.85. The van der Waals surface area contributed by atoms with Crippen molar-refractivity contribution in [1.82, 2.24) is 4.98 Å². The van der Waals surface area contributed by atoms with Crippen LogP contribution in [0.25, 0.3) is 16.8 Å². The van der Waals surface area contributed by atoms with Crippen LogP contribution in [0.1, 0.15) is 52.8 Å². The van der Waals surface area contributed by atoms with E-state index in [4.69, 9.17) is 9.47 Å². The lowest BCUT2D eigenvalue weighted by Crippen LogP contribution is -2.13. The van der Waals surface area contributed by atoms with Crippen molar-refractivity contribution < 1.29 is 9.47 Å². The average Bonchev–Trinajstić information content (AvgIpc) is 3.15. The zero-order valence-electron chi connectivity index (χ0n) is 19.8. The summed E-state index contributed by atoms with van der Waals surface area (Å²) < 4.78 is 11.1. The summed E-state index contributed by atoms with van der Waals surface area (Å²) in [5.74, 6) is 0.914. The van der Waals surface area contributed by atoms with Gasteiger partial charge in [-0.3, -0.25) is 0 Å². The molecule has 30 heavy (non-hydrogen) atoms. The van der Waals surface area contributed by atoms with E-state index in [0.29, 0.717) is 6.61 Å². The predicted molar refractivity (Wildman–Crippen MR) is 129 cm³/mol. The molecule has 0 aliphatic carbocycles. The standard InChI is InChI=1S/C27H37NO2/c1-19(12-10-13-20(18-29-8)26(2,3)4)23-16-17-24(28-23)21-14-11-15-22(25(21)30-9)27(5,6)7/h10-17,28H,1,18H2,2-9H3/b12-10-,20-13+. The molecule has 1 aromatic carbocycles. The number of hydrogen-bond donors (Lipinski definition) is 1. The second-order valence-corrected chi connectivity index (χ2v) is 9.68. The lowest BCUT2D eigenvalue weighted by Gasteiger charge is -2.23. The SMILES string of the molecule is C=C(/C=C\C=C(/COC)C(C)(C)C)c1ccc(-c2cccc(C(C)(C)C)c2OC)[nH]1. The highest BCUT2D eigenvalue weighted by atomic mass is 16.5. The molecule has 0 fully saturated rings.